The molecule has 5 heteroatoms. The molecule has 1 N–H and O–H groups in total. The van der Waals surface area contributed by atoms with Crippen LogP contribution in [0.2, 0.25) is 0 Å². The Kier molecular flexibility index (Phi) is 6.53. The zero-order valence-electron chi connectivity index (χ0n) is 10.6. The number of rotatable bonds is 6. The number of carboxylic acid groups (broad SMARTS) is 1. The van der Waals surface area contributed by atoms with E-state index in [1.54, 1.807) is 11.8 Å². The number of hydrogen-bond donors (Lipinski definition) is 1. The molecule has 0 saturated carbocycles. The van der Waals surface area contributed by atoms with Crippen molar-refractivity contribution in [3.8, 4) is 0 Å². The van der Waals surface area contributed by atoms with Crippen molar-refractivity contribution in [3.05, 3.63) is 0 Å². The first-order valence-electron chi connectivity index (χ1n) is 5.71. The van der Waals surface area contributed by atoms with Gasteiger partial charge in [-0.1, -0.05) is 6.92 Å². The SMILES string of the molecule is CCCN(C(=O)N(CC)CC(=O)O)C(C)C. The van der Waals surface area contributed by atoms with Crippen molar-refractivity contribution < 1.29 is 14.7 Å². The van der Waals surface area contributed by atoms with Crippen molar-refractivity contribution in [2.24, 2.45) is 0 Å². The van der Waals surface area contributed by atoms with Gasteiger partial charge in [0.25, 0.3) is 0 Å². The van der Waals surface area contributed by atoms with Crippen molar-refractivity contribution in [1.82, 2.24) is 9.80 Å². The first-order valence-corrected chi connectivity index (χ1v) is 5.71. The zero-order valence-corrected chi connectivity index (χ0v) is 10.6. The molecule has 16 heavy (non-hydrogen) atoms. The molecule has 0 bridgehead atoms. The Morgan fingerprint density at radius 2 is 1.81 bits per heavy atom. The molecule has 0 atom stereocenters. The van der Waals surface area contributed by atoms with Gasteiger partial charge in [0.05, 0.1) is 0 Å². The number of carboxylic acids is 1. The van der Waals surface area contributed by atoms with Crippen LogP contribution in [0.5, 0.6) is 0 Å². The highest BCUT2D eigenvalue weighted by Crippen LogP contribution is 2.05. The highest BCUT2D eigenvalue weighted by molar-refractivity contribution is 5.80. The third-order valence-corrected chi connectivity index (χ3v) is 2.31. The van der Waals surface area contributed by atoms with Crippen molar-refractivity contribution in [1.29, 1.82) is 0 Å². The molecule has 0 aliphatic heterocycles. The van der Waals surface area contributed by atoms with Gasteiger partial charge in [0.1, 0.15) is 6.54 Å². The Bertz CT molecular complexity index is 241. The molecule has 0 saturated heterocycles. The summed E-state index contributed by atoms with van der Waals surface area (Å²) in [7, 11) is 0. The number of amides is 2. The van der Waals surface area contributed by atoms with Gasteiger partial charge in [-0.05, 0) is 27.2 Å². The largest absolute Gasteiger partial charge is 0.480 e. The maximum atomic E-state index is 12.0. The molecule has 0 rings (SSSR count). The van der Waals surface area contributed by atoms with E-state index < -0.39 is 5.97 Å². The Labute approximate surface area is 97.0 Å². The van der Waals surface area contributed by atoms with Crippen LogP contribution in [0.3, 0.4) is 0 Å². The molecule has 94 valence electrons. The molecule has 0 spiro atoms. The minimum Gasteiger partial charge on any atom is -0.480 e. The molecular weight excluding hydrogens is 208 g/mol. The van der Waals surface area contributed by atoms with Gasteiger partial charge in [-0.2, -0.15) is 0 Å². The topological polar surface area (TPSA) is 60.9 Å². The van der Waals surface area contributed by atoms with Crippen LogP contribution in [0.4, 0.5) is 4.79 Å². The second-order valence-electron chi connectivity index (χ2n) is 3.98. The lowest BCUT2D eigenvalue weighted by Crippen LogP contribution is -2.48. The van der Waals surface area contributed by atoms with Crippen LogP contribution in [-0.2, 0) is 4.79 Å². The average molecular weight is 230 g/mol. The summed E-state index contributed by atoms with van der Waals surface area (Å²) in [6.45, 7) is 8.48. The van der Waals surface area contributed by atoms with Gasteiger partial charge < -0.3 is 14.9 Å². The minimum atomic E-state index is -0.976. The van der Waals surface area contributed by atoms with E-state index in [1.165, 1.54) is 4.90 Å². The summed E-state index contributed by atoms with van der Waals surface area (Å²) >= 11 is 0. The molecule has 2 amide bonds. The van der Waals surface area contributed by atoms with Gasteiger partial charge in [-0.15, -0.1) is 0 Å². The smallest absolute Gasteiger partial charge is 0.323 e. The van der Waals surface area contributed by atoms with Crippen molar-refractivity contribution in [2.75, 3.05) is 19.6 Å². The van der Waals surface area contributed by atoms with E-state index in [1.807, 2.05) is 20.8 Å². The fourth-order valence-corrected chi connectivity index (χ4v) is 1.48. The molecule has 0 unspecified atom stereocenters. The van der Waals surface area contributed by atoms with E-state index in [4.69, 9.17) is 5.11 Å². The van der Waals surface area contributed by atoms with E-state index in [2.05, 4.69) is 0 Å². The molecule has 0 fully saturated rings. The summed E-state index contributed by atoms with van der Waals surface area (Å²) in [5.41, 5.74) is 0. The minimum absolute atomic E-state index is 0.0929. The van der Waals surface area contributed by atoms with Gasteiger partial charge in [0.15, 0.2) is 0 Å². The Hall–Kier alpha value is -1.26. The van der Waals surface area contributed by atoms with E-state index >= 15 is 0 Å². The number of carbonyl (C=O) groups excluding carboxylic acids is 1. The predicted octanol–water partition coefficient (Wildman–Crippen LogP) is 1.63. The summed E-state index contributed by atoms with van der Waals surface area (Å²) < 4.78 is 0. The quantitative estimate of drug-likeness (QED) is 0.754. The van der Waals surface area contributed by atoms with Crippen LogP contribution in [0, 0.1) is 0 Å². The first-order chi connectivity index (χ1) is 7.43. The zero-order chi connectivity index (χ0) is 12.7. The second kappa shape index (κ2) is 7.09. The Balaban J connectivity index is 4.61. The molecule has 0 aliphatic carbocycles. The van der Waals surface area contributed by atoms with E-state index in [0.29, 0.717) is 13.1 Å². The van der Waals surface area contributed by atoms with E-state index in [0.717, 1.165) is 6.42 Å². The number of likely N-dealkylation sites (N-methyl/N-ethyl adjacent to an activating group) is 1. The Morgan fingerprint density at radius 1 is 1.25 bits per heavy atom. The highest BCUT2D eigenvalue weighted by atomic mass is 16.4. The van der Waals surface area contributed by atoms with Crippen LogP contribution in [0.25, 0.3) is 0 Å². The first kappa shape index (κ1) is 14.7. The maximum absolute atomic E-state index is 12.0. The predicted molar refractivity (Wildman–Crippen MR) is 62.4 cm³/mol. The van der Waals surface area contributed by atoms with Gasteiger partial charge in [-0.25, -0.2) is 4.79 Å². The summed E-state index contributed by atoms with van der Waals surface area (Å²) in [6.07, 6.45) is 0.870. The number of urea groups is 1. The van der Waals surface area contributed by atoms with Crippen molar-refractivity contribution >= 4 is 12.0 Å². The maximum Gasteiger partial charge on any atom is 0.323 e. The fourth-order valence-electron chi connectivity index (χ4n) is 1.48. The van der Waals surface area contributed by atoms with Gasteiger partial charge in [-0.3, -0.25) is 4.79 Å². The molecule has 0 heterocycles. The van der Waals surface area contributed by atoms with Gasteiger partial charge >= 0.3 is 12.0 Å². The molecule has 5 nitrogen and oxygen atoms in total. The number of hydrogen-bond acceptors (Lipinski definition) is 2. The van der Waals surface area contributed by atoms with Crippen LogP contribution >= 0.6 is 0 Å². The molecule has 0 aromatic heterocycles. The van der Waals surface area contributed by atoms with Crippen LogP contribution < -0.4 is 0 Å². The summed E-state index contributed by atoms with van der Waals surface area (Å²) in [5.74, 6) is -0.976. The lowest BCUT2D eigenvalue weighted by molar-refractivity contribution is -0.137. The van der Waals surface area contributed by atoms with Crippen molar-refractivity contribution in [3.63, 3.8) is 0 Å². The molecular formula is C11H22N2O3. The third kappa shape index (κ3) is 4.51. The summed E-state index contributed by atoms with van der Waals surface area (Å²) in [4.78, 5) is 25.7. The monoisotopic (exact) mass is 230 g/mol. The lowest BCUT2D eigenvalue weighted by Gasteiger charge is -2.31. The normalized spacial score (nSPS) is 10.3. The number of carbonyl (C=O) groups is 2. The molecule has 0 aromatic carbocycles. The summed E-state index contributed by atoms with van der Waals surface area (Å²) in [5, 5.41) is 8.70. The van der Waals surface area contributed by atoms with Gasteiger partial charge in [0.2, 0.25) is 0 Å². The standard InChI is InChI=1S/C11H22N2O3/c1-5-7-13(9(3)4)11(16)12(6-2)8-10(14)15/h9H,5-8H2,1-4H3,(H,14,15). The lowest BCUT2D eigenvalue weighted by atomic mass is 10.3. The van der Waals surface area contributed by atoms with E-state index in [-0.39, 0.29) is 18.6 Å². The average Bonchev–Trinajstić information content (AvgIpc) is 2.20. The van der Waals surface area contributed by atoms with Crippen LogP contribution in [0.1, 0.15) is 34.1 Å². The van der Waals surface area contributed by atoms with Crippen LogP contribution in [-0.4, -0.2) is 52.6 Å². The second-order valence-corrected chi connectivity index (χ2v) is 3.98. The number of aliphatic carboxylic acids is 1. The summed E-state index contributed by atoms with van der Waals surface area (Å²) in [6, 6.07) is -0.1000. The molecule has 0 radical (unpaired) electrons. The molecule has 0 aliphatic rings. The van der Waals surface area contributed by atoms with Crippen LogP contribution in [0.15, 0.2) is 0 Å². The van der Waals surface area contributed by atoms with Crippen molar-refractivity contribution in [2.45, 2.75) is 40.2 Å². The fraction of sp³-hybridized carbons (Fsp3) is 0.818. The number of nitrogens with zero attached hydrogens (tertiary/aromatic N) is 2. The molecule has 0 aromatic rings. The Morgan fingerprint density at radius 3 is 2.12 bits per heavy atom. The highest BCUT2D eigenvalue weighted by Gasteiger charge is 2.22. The van der Waals surface area contributed by atoms with Gasteiger partial charge in [0, 0.05) is 19.1 Å². The van der Waals surface area contributed by atoms with E-state index in [9.17, 15) is 9.59 Å². The third-order valence-electron chi connectivity index (χ3n) is 2.31.